The average molecular weight is 314 g/mol. The Morgan fingerprint density at radius 1 is 1.10 bits per heavy atom. The number of nitrogens with zero attached hydrogens (tertiary/aromatic N) is 1. The molecule has 0 bridgehead atoms. The minimum Gasteiger partial charge on any atom is -0.325 e. The summed E-state index contributed by atoms with van der Waals surface area (Å²) in [7, 11) is 0. The van der Waals surface area contributed by atoms with Crippen LogP contribution < -0.4 is 11.1 Å². The Kier molecular flexibility index (Phi) is 8.56. The molecule has 0 spiro atoms. The van der Waals surface area contributed by atoms with Crippen molar-refractivity contribution in [2.45, 2.75) is 12.5 Å². The second-order valence-electron chi connectivity index (χ2n) is 4.02. The molecule has 3 N–H and O–H groups in total. The number of hydrogen-bond acceptors (Lipinski definition) is 3. The van der Waals surface area contributed by atoms with Crippen molar-refractivity contribution in [2.24, 2.45) is 5.73 Å². The first kappa shape index (κ1) is 18.4. The lowest BCUT2D eigenvalue weighted by atomic mass is 10.1. The summed E-state index contributed by atoms with van der Waals surface area (Å²) < 4.78 is 0. The molecule has 4 nitrogen and oxygen atoms in total. The summed E-state index contributed by atoms with van der Waals surface area (Å²) in [4.78, 5) is 15.7. The van der Waals surface area contributed by atoms with Crippen LogP contribution in [0.3, 0.4) is 0 Å². The maximum atomic E-state index is 11.9. The number of anilines is 1. The lowest BCUT2D eigenvalue weighted by Gasteiger charge is -2.12. The van der Waals surface area contributed by atoms with Gasteiger partial charge in [0.2, 0.25) is 5.91 Å². The van der Waals surface area contributed by atoms with E-state index in [1.807, 2.05) is 30.3 Å². The summed E-state index contributed by atoms with van der Waals surface area (Å²) in [6.07, 6.45) is 3.77. The number of nitrogens with two attached hydrogens (primary N) is 1. The van der Waals surface area contributed by atoms with Gasteiger partial charge in [0.1, 0.15) is 0 Å². The van der Waals surface area contributed by atoms with E-state index >= 15 is 0 Å². The van der Waals surface area contributed by atoms with Crippen LogP contribution in [0.5, 0.6) is 0 Å². The highest BCUT2D eigenvalue weighted by Gasteiger charge is 2.13. The van der Waals surface area contributed by atoms with E-state index in [-0.39, 0.29) is 30.7 Å². The van der Waals surface area contributed by atoms with Gasteiger partial charge in [0, 0.05) is 18.1 Å². The fourth-order valence-electron chi connectivity index (χ4n) is 1.63. The molecule has 1 aromatic heterocycles. The van der Waals surface area contributed by atoms with E-state index in [1.54, 1.807) is 24.5 Å². The second kappa shape index (κ2) is 9.31. The molecule has 1 unspecified atom stereocenters. The Morgan fingerprint density at radius 2 is 1.70 bits per heavy atom. The van der Waals surface area contributed by atoms with Gasteiger partial charge in [0.15, 0.2) is 0 Å². The quantitative estimate of drug-likeness (QED) is 0.911. The molecule has 0 fully saturated rings. The minimum absolute atomic E-state index is 0. The smallest absolute Gasteiger partial charge is 0.241 e. The second-order valence-corrected chi connectivity index (χ2v) is 4.02. The van der Waals surface area contributed by atoms with Crippen molar-refractivity contribution in [2.75, 3.05) is 5.32 Å². The molecule has 2 rings (SSSR count). The number of pyridine rings is 1. The highest BCUT2D eigenvalue weighted by molar-refractivity contribution is 5.94. The summed E-state index contributed by atoms with van der Waals surface area (Å²) in [5.74, 6) is -0.190. The maximum Gasteiger partial charge on any atom is 0.241 e. The Morgan fingerprint density at radius 3 is 2.30 bits per heavy atom. The summed E-state index contributed by atoms with van der Waals surface area (Å²) in [6.45, 7) is 0. The topological polar surface area (TPSA) is 68.0 Å². The first-order valence-corrected chi connectivity index (χ1v) is 5.76. The Bertz CT molecular complexity index is 508. The van der Waals surface area contributed by atoms with Gasteiger partial charge in [0.05, 0.1) is 6.04 Å². The van der Waals surface area contributed by atoms with E-state index in [2.05, 4.69) is 10.3 Å². The summed E-state index contributed by atoms with van der Waals surface area (Å²) >= 11 is 0. The standard InChI is InChI=1S/C14H15N3O.2ClH/c15-13(10-11-4-2-1-3-5-11)14(18)17-12-6-8-16-9-7-12;;/h1-9,13H,10,15H2,(H,16,17,18);2*1H. The third-order valence-corrected chi connectivity index (χ3v) is 2.58. The monoisotopic (exact) mass is 313 g/mol. The Balaban J connectivity index is 0.00000180. The average Bonchev–Trinajstić information content (AvgIpc) is 2.41. The van der Waals surface area contributed by atoms with E-state index in [9.17, 15) is 4.79 Å². The lowest BCUT2D eigenvalue weighted by Crippen LogP contribution is -2.37. The maximum absolute atomic E-state index is 11.9. The molecule has 6 heteroatoms. The molecule has 0 aliphatic carbocycles. The van der Waals surface area contributed by atoms with Crippen LogP contribution in [0, 0.1) is 0 Å². The van der Waals surface area contributed by atoms with Crippen molar-refractivity contribution in [1.29, 1.82) is 0 Å². The van der Waals surface area contributed by atoms with E-state index < -0.39 is 6.04 Å². The zero-order valence-electron chi connectivity index (χ0n) is 10.7. The largest absolute Gasteiger partial charge is 0.325 e. The molecule has 0 aliphatic rings. The number of aromatic nitrogens is 1. The van der Waals surface area contributed by atoms with Crippen LogP contribution in [-0.2, 0) is 11.2 Å². The first-order valence-electron chi connectivity index (χ1n) is 5.76. The van der Waals surface area contributed by atoms with E-state index in [0.717, 1.165) is 5.56 Å². The van der Waals surface area contributed by atoms with Crippen LogP contribution in [0.4, 0.5) is 5.69 Å². The van der Waals surface area contributed by atoms with E-state index in [0.29, 0.717) is 12.1 Å². The number of benzene rings is 1. The normalized spacial score (nSPS) is 10.7. The molecule has 1 amide bonds. The van der Waals surface area contributed by atoms with Gasteiger partial charge in [-0.2, -0.15) is 0 Å². The Labute approximate surface area is 130 Å². The highest BCUT2D eigenvalue weighted by atomic mass is 35.5. The van der Waals surface area contributed by atoms with Gasteiger partial charge < -0.3 is 11.1 Å². The summed E-state index contributed by atoms with van der Waals surface area (Å²) in [5, 5.41) is 2.76. The van der Waals surface area contributed by atoms with E-state index in [1.165, 1.54) is 0 Å². The fourth-order valence-corrected chi connectivity index (χ4v) is 1.63. The first-order chi connectivity index (χ1) is 8.75. The molecule has 2 aromatic rings. The lowest BCUT2D eigenvalue weighted by molar-refractivity contribution is -0.117. The van der Waals surface area contributed by atoms with Gasteiger partial charge in [-0.1, -0.05) is 30.3 Å². The number of nitrogens with one attached hydrogen (secondary N) is 1. The van der Waals surface area contributed by atoms with Crippen LogP contribution in [0.15, 0.2) is 54.9 Å². The highest BCUT2D eigenvalue weighted by Crippen LogP contribution is 2.06. The number of carbonyl (C=O) groups is 1. The van der Waals surface area contributed by atoms with Crippen molar-refractivity contribution >= 4 is 36.4 Å². The molecule has 20 heavy (non-hydrogen) atoms. The van der Waals surface area contributed by atoms with Crippen LogP contribution in [0.1, 0.15) is 5.56 Å². The Hall–Kier alpha value is -1.62. The molecule has 108 valence electrons. The predicted molar refractivity (Wildman–Crippen MR) is 85.5 cm³/mol. The van der Waals surface area contributed by atoms with E-state index in [4.69, 9.17) is 5.73 Å². The van der Waals surface area contributed by atoms with Gasteiger partial charge in [-0.05, 0) is 24.1 Å². The number of rotatable bonds is 4. The molecule has 0 saturated carbocycles. The van der Waals surface area contributed by atoms with Gasteiger partial charge in [0.25, 0.3) is 0 Å². The molecular weight excluding hydrogens is 297 g/mol. The third kappa shape index (κ3) is 5.57. The molecule has 1 atom stereocenters. The number of halogens is 2. The van der Waals surface area contributed by atoms with Crippen molar-refractivity contribution in [3.8, 4) is 0 Å². The van der Waals surface area contributed by atoms with Crippen LogP contribution in [0.2, 0.25) is 0 Å². The van der Waals surface area contributed by atoms with Crippen LogP contribution >= 0.6 is 24.8 Å². The molecule has 1 heterocycles. The number of amides is 1. The molecule has 0 radical (unpaired) electrons. The van der Waals surface area contributed by atoms with Gasteiger partial charge in [-0.3, -0.25) is 9.78 Å². The SMILES string of the molecule is Cl.Cl.NC(Cc1ccccc1)C(=O)Nc1ccncc1. The molecule has 0 saturated heterocycles. The number of carbonyl (C=O) groups excluding carboxylic acids is 1. The summed E-state index contributed by atoms with van der Waals surface area (Å²) in [6, 6.07) is 12.6. The van der Waals surface area contributed by atoms with Crippen LogP contribution in [0.25, 0.3) is 0 Å². The van der Waals surface area contributed by atoms with Crippen molar-refractivity contribution < 1.29 is 4.79 Å². The predicted octanol–water partition coefficient (Wildman–Crippen LogP) is 2.43. The zero-order valence-corrected chi connectivity index (χ0v) is 12.4. The van der Waals surface area contributed by atoms with Crippen molar-refractivity contribution in [3.05, 3.63) is 60.4 Å². The van der Waals surface area contributed by atoms with Gasteiger partial charge in [-0.15, -0.1) is 24.8 Å². The molecular formula is C14H17Cl2N3O. The summed E-state index contributed by atoms with van der Waals surface area (Å²) in [5.41, 5.74) is 7.63. The van der Waals surface area contributed by atoms with Crippen molar-refractivity contribution in [1.82, 2.24) is 4.98 Å². The van der Waals surface area contributed by atoms with Gasteiger partial charge >= 0.3 is 0 Å². The van der Waals surface area contributed by atoms with Crippen molar-refractivity contribution in [3.63, 3.8) is 0 Å². The fraction of sp³-hybridized carbons (Fsp3) is 0.143. The zero-order chi connectivity index (χ0) is 12.8. The number of hydrogen-bond donors (Lipinski definition) is 2. The van der Waals surface area contributed by atoms with Crippen LogP contribution in [-0.4, -0.2) is 16.9 Å². The van der Waals surface area contributed by atoms with Gasteiger partial charge in [-0.25, -0.2) is 0 Å². The molecule has 1 aromatic carbocycles. The third-order valence-electron chi connectivity index (χ3n) is 2.58. The minimum atomic E-state index is -0.555. The molecule has 0 aliphatic heterocycles.